The van der Waals surface area contributed by atoms with Crippen LogP contribution in [0.1, 0.15) is 24.2 Å². The number of carbonyl (C=O) groups is 1. The summed E-state index contributed by atoms with van der Waals surface area (Å²) < 4.78 is 34.0. The highest BCUT2D eigenvalue weighted by Crippen LogP contribution is 2.32. The van der Waals surface area contributed by atoms with Gasteiger partial charge in [0.25, 0.3) is 11.6 Å². The number of ether oxygens (including phenoxy) is 1. The summed E-state index contributed by atoms with van der Waals surface area (Å²) >= 11 is 1.11. The van der Waals surface area contributed by atoms with Crippen LogP contribution < -0.4 is 9.54 Å². The molecule has 0 aliphatic carbocycles. The van der Waals surface area contributed by atoms with E-state index in [1.165, 1.54) is 47.8 Å². The van der Waals surface area contributed by atoms with E-state index in [1.807, 2.05) is 0 Å². The van der Waals surface area contributed by atoms with E-state index in [2.05, 4.69) is 4.99 Å². The molecule has 0 atom stereocenters. The van der Waals surface area contributed by atoms with Crippen molar-refractivity contribution in [3.8, 4) is 5.75 Å². The highest BCUT2D eigenvalue weighted by atomic mass is 32.2. The van der Waals surface area contributed by atoms with E-state index in [4.69, 9.17) is 4.74 Å². The van der Waals surface area contributed by atoms with E-state index < -0.39 is 20.9 Å². The standard InChI is InChI=1S/C20H22N4O6S2/c1-5-23(6-2)32(28,29)15-9-7-13(8-10-15)19(25)21-20-22(3)18-16(30-4)11-14(24(26)27)12-17(18)31-20/h7-12H,5-6H2,1-4H3. The van der Waals surface area contributed by atoms with Crippen LogP contribution in [-0.4, -0.2) is 48.3 Å². The topological polar surface area (TPSA) is 124 Å². The van der Waals surface area contributed by atoms with Crippen molar-refractivity contribution < 1.29 is 22.9 Å². The zero-order valence-corrected chi connectivity index (χ0v) is 19.6. The average Bonchev–Trinajstić information content (AvgIpc) is 3.09. The number of hydrogen-bond donors (Lipinski definition) is 0. The molecule has 0 unspecified atom stereocenters. The summed E-state index contributed by atoms with van der Waals surface area (Å²) in [6, 6.07) is 8.32. The molecule has 170 valence electrons. The predicted octanol–water partition coefficient (Wildman–Crippen LogP) is 2.93. The van der Waals surface area contributed by atoms with E-state index in [0.29, 0.717) is 33.9 Å². The lowest BCUT2D eigenvalue weighted by atomic mass is 10.2. The van der Waals surface area contributed by atoms with Gasteiger partial charge in [-0.1, -0.05) is 25.2 Å². The maximum absolute atomic E-state index is 12.7. The summed E-state index contributed by atoms with van der Waals surface area (Å²) in [4.78, 5) is 27.9. The number of aryl methyl sites for hydroxylation is 1. The quantitative estimate of drug-likeness (QED) is 0.380. The van der Waals surface area contributed by atoms with Gasteiger partial charge in [0.2, 0.25) is 10.0 Å². The maximum Gasteiger partial charge on any atom is 0.279 e. The summed E-state index contributed by atoms with van der Waals surface area (Å²) in [5.74, 6) is -0.264. The van der Waals surface area contributed by atoms with Crippen LogP contribution in [0.5, 0.6) is 5.75 Å². The second-order valence-electron chi connectivity index (χ2n) is 6.73. The van der Waals surface area contributed by atoms with Crippen molar-refractivity contribution in [2.45, 2.75) is 18.7 Å². The molecular formula is C20H22N4O6S2. The Morgan fingerprint density at radius 2 is 1.84 bits per heavy atom. The van der Waals surface area contributed by atoms with Gasteiger partial charge in [0.1, 0.15) is 5.52 Å². The lowest BCUT2D eigenvalue weighted by Crippen LogP contribution is -2.30. The van der Waals surface area contributed by atoms with Crippen LogP contribution in [0.3, 0.4) is 0 Å². The number of methoxy groups -OCH3 is 1. The Kier molecular flexibility index (Phi) is 6.77. The van der Waals surface area contributed by atoms with Crippen molar-refractivity contribution in [2.24, 2.45) is 12.0 Å². The van der Waals surface area contributed by atoms with Crippen molar-refractivity contribution in [3.63, 3.8) is 0 Å². The van der Waals surface area contributed by atoms with Crippen molar-refractivity contribution >= 4 is 43.2 Å². The summed E-state index contributed by atoms with van der Waals surface area (Å²) in [6.45, 7) is 4.21. The number of non-ortho nitro benzene ring substituents is 1. The predicted molar refractivity (Wildman–Crippen MR) is 120 cm³/mol. The van der Waals surface area contributed by atoms with Gasteiger partial charge in [-0.3, -0.25) is 14.9 Å². The van der Waals surface area contributed by atoms with Gasteiger partial charge in [0.15, 0.2) is 10.6 Å². The third kappa shape index (κ3) is 4.29. The van der Waals surface area contributed by atoms with Gasteiger partial charge in [-0.2, -0.15) is 9.30 Å². The molecule has 12 heteroatoms. The molecule has 0 aliphatic rings. The minimum atomic E-state index is -3.62. The molecule has 10 nitrogen and oxygen atoms in total. The smallest absolute Gasteiger partial charge is 0.279 e. The molecule has 0 radical (unpaired) electrons. The number of thiazole rings is 1. The minimum absolute atomic E-state index is 0.0993. The normalized spacial score (nSPS) is 12.5. The third-order valence-corrected chi connectivity index (χ3v) is 8.06. The molecule has 0 N–H and O–H groups in total. The lowest BCUT2D eigenvalue weighted by Gasteiger charge is -2.18. The molecule has 0 spiro atoms. The fraction of sp³-hybridized carbons (Fsp3) is 0.300. The van der Waals surface area contributed by atoms with Crippen LogP contribution in [0.15, 0.2) is 46.3 Å². The summed E-state index contributed by atoms with van der Waals surface area (Å²) in [7, 11) is -0.537. The number of amides is 1. The molecule has 2 aromatic carbocycles. The molecule has 0 saturated heterocycles. The van der Waals surface area contributed by atoms with Gasteiger partial charge in [-0.25, -0.2) is 8.42 Å². The zero-order chi connectivity index (χ0) is 23.6. The number of nitro groups is 1. The Bertz CT molecular complexity index is 1350. The molecule has 0 saturated carbocycles. The van der Waals surface area contributed by atoms with Crippen LogP contribution in [-0.2, 0) is 17.1 Å². The number of nitro benzene ring substituents is 1. The third-order valence-electron chi connectivity index (χ3n) is 4.92. The van der Waals surface area contributed by atoms with Gasteiger partial charge >= 0.3 is 0 Å². The molecule has 3 aromatic rings. The molecule has 0 aliphatic heterocycles. The Morgan fingerprint density at radius 3 is 2.38 bits per heavy atom. The SMILES string of the molecule is CCN(CC)S(=O)(=O)c1ccc(C(=O)N=c2sc3cc([N+](=O)[O-])cc(OC)c3n2C)cc1. The highest BCUT2D eigenvalue weighted by Gasteiger charge is 2.22. The Labute approximate surface area is 188 Å². The van der Waals surface area contributed by atoms with Crippen LogP contribution >= 0.6 is 11.3 Å². The van der Waals surface area contributed by atoms with Crippen LogP contribution in [0.4, 0.5) is 5.69 Å². The lowest BCUT2D eigenvalue weighted by molar-refractivity contribution is -0.384. The van der Waals surface area contributed by atoms with E-state index in [9.17, 15) is 23.3 Å². The summed E-state index contributed by atoms with van der Waals surface area (Å²) in [5.41, 5.74) is 0.674. The first-order valence-electron chi connectivity index (χ1n) is 9.65. The second kappa shape index (κ2) is 9.18. The second-order valence-corrected chi connectivity index (χ2v) is 9.67. The van der Waals surface area contributed by atoms with E-state index in [0.717, 1.165) is 11.3 Å². The van der Waals surface area contributed by atoms with Crippen molar-refractivity contribution in [3.05, 3.63) is 56.9 Å². The van der Waals surface area contributed by atoms with Crippen molar-refractivity contribution in [1.82, 2.24) is 8.87 Å². The molecule has 1 heterocycles. The van der Waals surface area contributed by atoms with E-state index in [1.54, 1.807) is 25.5 Å². The number of hydrogen-bond acceptors (Lipinski definition) is 7. The zero-order valence-electron chi connectivity index (χ0n) is 17.9. The molecule has 32 heavy (non-hydrogen) atoms. The summed E-state index contributed by atoms with van der Waals surface area (Å²) in [5, 5.41) is 11.2. The number of rotatable bonds is 7. The molecule has 1 amide bonds. The van der Waals surface area contributed by atoms with Crippen molar-refractivity contribution in [1.29, 1.82) is 0 Å². The highest BCUT2D eigenvalue weighted by molar-refractivity contribution is 7.89. The monoisotopic (exact) mass is 478 g/mol. The fourth-order valence-corrected chi connectivity index (χ4v) is 5.76. The average molecular weight is 479 g/mol. The number of carbonyl (C=O) groups excluding carboxylic acids is 1. The molecule has 3 rings (SSSR count). The Balaban J connectivity index is 2.01. The van der Waals surface area contributed by atoms with Gasteiger partial charge in [-0.05, 0) is 24.3 Å². The van der Waals surface area contributed by atoms with Crippen LogP contribution in [0.2, 0.25) is 0 Å². The fourth-order valence-electron chi connectivity index (χ4n) is 3.23. The largest absolute Gasteiger partial charge is 0.494 e. The number of sulfonamides is 1. The first-order chi connectivity index (χ1) is 15.1. The van der Waals surface area contributed by atoms with E-state index >= 15 is 0 Å². The molecule has 1 aromatic heterocycles. The van der Waals surface area contributed by atoms with Gasteiger partial charge in [-0.15, -0.1) is 0 Å². The number of fused-ring (bicyclic) bond motifs is 1. The first-order valence-corrected chi connectivity index (χ1v) is 11.9. The number of benzene rings is 2. The number of aromatic nitrogens is 1. The Hall–Kier alpha value is -3.09. The maximum atomic E-state index is 12.7. The van der Waals surface area contributed by atoms with Crippen molar-refractivity contribution in [2.75, 3.05) is 20.2 Å². The van der Waals surface area contributed by atoms with Gasteiger partial charge < -0.3 is 9.30 Å². The first kappa shape index (κ1) is 23.6. The Morgan fingerprint density at radius 1 is 1.22 bits per heavy atom. The molecule has 0 bridgehead atoms. The van der Waals surface area contributed by atoms with Gasteiger partial charge in [0.05, 0.1) is 27.7 Å². The van der Waals surface area contributed by atoms with Gasteiger partial charge in [0, 0.05) is 31.8 Å². The van der Waals surface area contributed by atoms with E-state index in [-0.39, 0.29) is 16.1 Å². The van der Waals surface area contributed by atoms with Crippen LogP contribution in [0, 0.1) is 10.1 Å². The number of nitrogens with zero attached hydrogens (tertiary/aromatic N) is 4. The molecule has 0 fully saturated rings. The van der Waals surface area contributed by atoms with Crippen LogP contribution in [0.25, 0.3) is 10.2 Å². The molecular weight excluding hydrogens is 456 g/mol. The summed E-state index contributed by atoms with van der Waals surface area (Å²) in [6.07, 6.45) is 0. The minimum Gasteiger partial charge on any atom is -0.494 e.